The lowest BCUT2D eigenvalue weighted by Crippen LogP contribution is -2.15. The first-order valence-electron chi connectivity index (χ1n) is 6.81. The van der Waals surface area contributed by atoms with E-state index in [1.54, 1.807) is 24.3 Å². The van der Waals surface area contributed by atoms with Crippen molar-refractivity contribution < 1.29 is 9.53 Å². The molecule has 2 rings (SSSR count). The van der Waals surface area contributed by atoms with Gasteiger partial charge in [-0.3, -0.25) is 4.79 Å². The highest BCUT2D eigenvalue weighted by Crippen LogP contribution is 2.19. The van der Waals surface area contributed by atoms with Crippen molar-refractivity contribution in [1.82, 2.24) is 4.98 Å². The van der Waals surface area contributed by atoms with E-state index in [4.69, 9.17) is 10.5 Å². The Hall–Kier alpha value is -2.56. The van der Waals surface area contributed by atoms with E-state index >= 15 is 0 Å². The number of anilines is 2. The van der Waals surface area contributed by atoms with Crippen LogP contribution in [0.5, 0.6) is 5.75 Å². The van der Waals surface area contributed by atoms with E-state index in [1.807, 2.05) is 12.1 Å². The fraction of sp³-hybridized carbons (Fsp3) is 0.250. The summed E-state index contributed by atoms with van der Waals surface area (Å²) in [6.07, 6.45) is 1.54. The second kappa shape index (κ2) is 6.74. The molecule has 0 unspecified atom stereocenters. The molecule has 1 aromatic heterocycles. The van der Waals surface area contributed by atoms with Gasteiger partial charge < -0.3 is 15.8 Å². The van der Waals surface area contributed by atoms with Gasteiger partial charge in [-0.1, -0.05) is 19.9 Å². The molecule has 0 atom stereocenters. The van der Waals surface area contributed by atoms with Gasteiger partial charge in [-0.25, -0.2) is 4.98 Å². The molecule has 0 spiro atoms. The Morgan fingerprint density at radius 3 is 2.86 bits per heavy atom. The van der Waals surface area contributed by atoms with Crippen LogP contribution in [0.25, 0.3) is 0 Å². The third-order valence-electron chi connectivity index (χ3n) is 2.73. The number of amides is 1. The van der Waals surface area contributed by atoms with Crippen molar-refractivity contribution in [3.05, 3.63) is 48.3 Å². The first-order valence-corrected chi connectivity index (χ1v) is 6.81. The van der Waals surface area contributed by atoms with E-state index in [2.05, 4.69) is 24.1 Å². The number of pyridine rings is 1. The van der Waals surface area contributed by atoms with Crippen molar-refractivity contribution in [2.75, 3.05) is 17.7 Å². The molecule has 0 bridgehead atoms. The molecule has 0 saturated carbocycles. The minimum atomic E-state index is -0.339. The van der Waals surface area contributed by atoms with E-state index in [1.165, 1.54) is 6.20 Å². The number of nitrogens with two attached hydrogens (primary N) is 1. The molecule has 5 heteroatoms. The van der Waals surface area contributed by atoms with Crippen molar-refractivity contribution >= 4 is 17.3 Å². The topological polar surface area (TPSA) is 77.2 Å². The summed E-state index contributed by atoms with van der Waals surface area (Å²) in [6.45, 7) is 4.79. The molecular formula is C16H19N3O2. The van der Waals surface area contributed by atoms with Gasteiger partial charge in [0.1, 0.15) is 5.75 Å². The molecule has 1 aromatic carbocycles. The van der Waals surface area contributed by atoms with Gasteiger partial charge in [0.25, 0.3) is 5.91 Å². The molecule has 1 heterocycles. The summed E-state index contributed by atoms with van der Waals surface area (Å²) in [6, 6.07) is 10.6. The lowest BCUT2D eigenvalue weighted by Gasteiger charge is -2.11. The Morgan fingerprint density at radius 2 is 2.14 bits per heavy atom. The molecule has 0 aliphatic heterocycles. The molecule has 21 heavy (non-hydrogen) atoms. The number of nitrogen functional groups attached to an aromatic ring is 1. The Bertz CT molecular complexity index is 626. The van der Waals surface area contributed by atoms with Crippen LogP contribution >= 0.6 is 0 Å². The summed E-state index contributed by atoms with van der Waals surface area (Å²) in [5.74, 6) is 0.821. The third kappa shape index (κ3) is 4.21. The van der Waals surface area contributed by atoms with Crippen molar-refractivity contribution in [3.63, 3.8) is 0 Å². The average Bonchev–Trinajstić information content (AvgIpc) is 2.46. The van der Waals surface area contributed by atoms with Gasteiger partial charge in [-0.05, 0) is 30.2 Å². The summed E-state index contributed by atoms with van der Waals surface area (Å²) >= 11 is 0. The first-order chi connectivity index (χ1) is 10.1. The van der Waals surface area contributed by atoms with Crippen LogP contribution in [0.3, 0.4) is 0 Å². The van der Waals surface area contributed by atoms with Gasteiger partial charge in [-0.15, -0.1) is 0 Å². The highest BCUT2D eigenvalue weighted by molar-refractivity contribution is 6.06. The summed E-state index contributed by atoms with van der Waals surface area (Å²) < 4.78 is 5.63. The van der Waals surface area contributed by atoms with Gasteiger partial charge in [-0.2, -0.15) is 0 Å². The average molecular weight is 285 g/mol. The Labute approximate surface area is 124 Å². The maximum absolute atomic E-state index is 12.1. The van der Waals surface area contributed by atoms with Crippen LogP contribution in [0.15, 0.2) is 42.6 Å². The van der Waals surface area contributed by atoms with Gasteiger partial charge in [0, 0.05) is 18.0 Å². The number of hydrogen-bond donors (Lipinski definition) is 2. The van der Waals surface area contributed by atoms with Crippen LogP contribution in [-0.2, 0) is 0 Å². The number of aromatic nitrogens is 1. The number of rotatable bonds is 5. The van der Waals surface area contributed by atoms with Gasteiger partial charge in [0.05, 0.1) is 12.3 Å². The molecule has 0 aliphatic rings. The number of carbonyl (C=O) groups excluding carboxylic acids is 1. The quantitative estimate of drug-likeness (QED) is 0.885. The van der Waals surface area contributed by atoms with Crippen molar-refractivity contribution in [2.24, 2.45) is 5.92 Å². The highest BCUT2D eigenvalue weighted by Gasteiger charge is 2.11. The van der Waals surface area contributed by atoms with Crippen LogP contribution in [0, 0.1) is 5.92 Å². The van der Waals surface area contributed by atoms with E-state index in [0.717, 1.165) is 5.75 Å². The summed E-state index contributed by atoms with van der Waals surface area (Å²) in [5.41, 5.74) is 6.95. The third-order valence-corrected chi connectivity index (χ3v) is 2.73. The zero-order valence-corrected chi connectivity index (χ0v) is 12.2. The molecular weight excluding hydrogens is 266 g/mol. The Balaban J connectivity index is 2.07. The number of ether oxygens (including phenoxy) is 1. The van der Waals surface area contributed by atoms with Crippen LogP contribution in [-0.4, -0.2) is 17.5 Å². The van der Waals surface area contributed by atoms with E-state index in [0.29, 0.717) is 23.9 Å². The van der Waals surface area contributed by atoms with Crippen LogP contribution < -0.4 is 15.8 Å². The van der Waals surface area contributed by atoms with Crippen LogP contribution in [0.1, 0.15) is 24.3 Å². The Morgan fingerprint density at radius 1 is 1.33 bits per heavy atom. The highest BCUT2D eigenvalue weighted by atomic mass is 16.5. The largest absolute Gasteiger partial charge is 0.493 e. The molecule has 110 valence electrons. The number of nitrogens with one attached hydrogen (secondary N) is 1. The zero-order valence-electron chi connectivity index (χ0n) is 12.2. The first kappa shape index (κ1) is 14.8. The van der Waals surface area contributed by atoms with Crippen molar-refractivity contribution in [1.29, 1.82) is 0 Å². The monoisotopic (exact) mass is 285 g/mol. The molecule has 1 amide bonds. The molecule has 0 radical (unpaired) electrons. The molecule has 2 aromatic rings. The molecule has 0 saturated heterocycles. The molecule has 5 nitrogen and oxygen atoms in total. The summed E-state index contributed by atoms with van der Waals surface area (Å²) in [4.78, 5) is 16.1. The fourth-order valence-electron chi connectivity index (χ4n) is 1.72. The molecule has 0 aliphatic carbocycles. The summed E-state index contributed by atoms with van der Waals surface area (Å²) in [5, 5.41) is 2.77. The van der Waals surface area contributed by atoms with Gasteiger partial charge >= 0.3 is 0 Å². The number of hydrogen-bond acceptors (Lipinski definition) is 4. The maximum atomic E-state index is 12.1. The fourth-order valence-corrected chi connectivity index (χ4v) is 1.72. The number of carbonyl (C=O) groups is 1. The van der Waals surface area contributed by atoms with Crippen LogP contribution in [0.4, 0.5) is 11.4 Å². The minimum Gasteiger partial charge on any atom is -0.493 e. The SMILES string of the molecule is CC(C)COc1cccc(NC(=O)c2ncccc2N)c1. The van der Waals surface area contributed by atoms with E-state index in [-0.39, 0.29) is 11.6 Å². The number of nitrogens with zero attached hydrogens (tertiary/aromatic N) is 1. The van der Waals surface area contributed by atoms with E-state index < -0.39 is 0 Å². The lowest BCUT2D eigenvalue weighted by molar-refractivity contribution is 0.102. The van der Waals surface area contributed by atoms with E-state index in [9.17, 15) is 4.79 Å². The summed E-state index contributed by atoms with van der Waals surface area (Å²) in [7, 11) is 0. The number of benzene rings is 1. The predicted octanol–water partition coefficient (Wildman–Crippen LogP) is 2.95. The van der Waals surface area contributed by atoms with Crippen molar-refractivity contribution in [3.8, 4) is 5.75 Å². The Kier molecular flexibility index (Phi) is 4.77. The second-order valence-electron chi connectivity index (χ2n) is 5.13. The van der Waals surface area contributed by atoms with Gasteiger partial charge in [0.15, 0.2) is 5.69 Å². The van der Waals surface area contributed by atoms with Crippen LogP contribution in [0.2, 0.25) is 0 Å². The molecule has 3 N–H and O–H groups in total. The normalized spacial score (nSPS) is 10.4. The zero-order chi connectivity index (χ0) is 15.2. The second-order valence-corrected chi connectivity index (χ2v) is 5.13. The van der Waals surface area contributed by atoms with Gasteiger partial charge in [0.2, 0.25) is 0 Å². The smallest absolute Gasteiger partial charge is 0.276 e. The van der Waals surface area contributed by atoms with Crippen molar-refractivity contribution in [2.45, 2.75) is 13.8 Å². The maximum Gasteiger partial charge on any atom is 0.276 e. The molecule has 0 fully saturated rings. The predicted molar refractivity (Wildman–Crippen MR) is 83.4 cm³/mol. The lowest BCUT2D eigenvalue weighted by atomic mass is 10.2. The standard InChI is InChI=1S/C16H19N3O2/c1-11(2)10-21-13-6-3-5-12(9-13)19-16(20)15-14(17)7-4-8-18-15/h3-9,11H,10,17H2,1-2H3,(H,19,20). The minimum absolute atomic E-state index is 0.214.